The summed E-state index contributed by atoms with van der Waals surface area (Å²) in [6, 6.07) is 15.0. The molecule has 8 heteroatoms. The summed E-state index contributed by atoms with van der Waals surface area (Å²) in [5.41, 5.74) is 1.04. The second-order valence-electron chi connectivity index (χ2n) is 4.91. The maximum atomic E-state index is 12.2. The van der Waals surface area contributed by atoms with Gasteiger partial charge in [-0.05, 0) is 24.3 Å². The van der Waals surface area contributed by atoms with Crippen LogP contribution >= 0.6 is 0 Å². The number of aliphatic hydroxyl groups is 1. The minimum absolute atomic E-state index is 0. The Kier molecular flexibility index (Phi) is 8.08. The van der Waals surface area contributed by atoms with Crippen LogP contribution in [0.5, 0.6) is 5.75 Å². The van der Waals surface area contributed by atoms with E-state index in [1.807, 2.05) is 6.07 Å². The molecular formula is C16H15NaO6S. The minimum atomic E-state index is -4.50. The molecule has 0 saturated heterocycles. The van der Waals surface area contributed by atoms with Gasteiger partial charge in [-0.15, -0.1) is 0 Å². The molecule has 2 rings (SSSR count). The smallest absolute Gasteiger partial charge is 0.748 e. The number of ether oxygens (including phenoxy) is 1. The third-order valence-electron chi connectivity index (χ3n) is 2.99. The van der Waals surface area contributed by atoms with Gasteiger partial charge in [0.2, 0.25) is 0 Å². The third-order valence-corrected chi connectivity index (χ3v) is 3.78. The summed E-state index contributed by atoms with van der Waals surface area (Å²) in [6.07, 6.45) is -1.40. The van der Waals surface area contributed by atoms with Crippen molar-refractivity contribution in [2.75, 3.05) is 12.4 Å². The van der Waals surface area contributed by atoms with E-state index in [2.05, 4.69) is 0 Å². The number of hydrogen-bond donors (Lipinski definition) is 1. The third kappa shape index (κ3) is 6.72. The molecule has 1 N–H and O–H groups in total. The van der Waals surface area contributed by atoms with Crippen LogP contribution in [-0.4, -0.2) is 42.3 Å². The Morgan fingerprint density at radius 1 is 1.04 bits per heavy atom. The maximum Gasteiger partial charge on any atom is 1.00 e. The molecule has 0 heterocycles. The van der Waals surface area contributed by atoms with Crippen LogP contribution in [0.25, 0.3) is 0 Å². The molecule has 122 valence electrons. The van der Waals surface area contributed by atoms with Crippen LogP contribution in [0.1, 0.15) is 15.9 Å². The van der Waals surface area contributed by atoms with Crippen molar-refractivity contribution < 1.29 is 57.2 Å². The Hall–Kier alpha value is -1.22. The topological polar surface area (TPSA) is 104 Å². The summed E-state index contributed by atoms with van der Waals surface area (Å²) >= 11 is 0. The van der Waals surface area contributed by atoms with Gasteiger partial charge in [0.1, 0.15) is 18.5 Å². The molecule has 0 spiro atoms. The number of benzene rings is 2. The Balaban J connectivity index is 0.00000288. The Labute approximate surface area is 162 Å². The van der Waals surface area contributed by atoms with Crippen molar-refractivity contribution in [3.63, 3.8) is 0 Å². The zero-order valence-electron chi connectivity index (χ0n) is 13.1. The molecule has 2 aromatic rings. The maximum absolute atomic E-state index is 12.2. The average Bonchev–Trinajstić information content (AvgIpc) is 2.52. The fraction of sp³-hybridized carbons (Fsp3) is 0.188. The first-order valence-corrected chi connectivity index (χ1v) is 8.37. The van der Waals surface area contributed by atoms with Crippen LogP contribution in [0.4, 0.5) is 0 Å². The van der Waals surface area contributed by atoms with E-state index in [9.17, 15) is 22.9 Å². The fourth-order valence-electron chi connectivity index (χ4n) is 1.93. The average molecular weight is 358 g/mol. The molecule has 0 amide bonds. The molecule has 0 bridgehead atoms. The summed E-state index contributed by atoms with van der Waals surface area (Å²) in [5.74, 6) is -0.677. The van der Waals surface area contributed by atoms with Crippen molar-refractivity contribution in [2.45, 2.75) is 6.10 Å². The SMILES string of the molecule is O=C(c1ccccc1)c1ccc(OCC(O)CS(=O)(=O)[O-])cc1.[Na+]. The van der Waals surface area contributed by atoms with Gasteiger partial charge in [-0.2, -0.15) is 0 Å². The Bertz CT molecular complexity index is 759. The van der Waals surface area contributed by atoms with E-state index < -0.39 is 22.0 Å². The summed E-state index contributed by atoms with van der Waals surface area (Å²) < 4.78 is 36.7. The van der Waals surface area contributed by atoms with Gasteiger partial charge >= 0.3 is 29.6 Å². The molecular weight excluding hydrogens is 343 g/mol. The van der Waals surface area contributed by atoms with E-state index in [0.29, 0.717) is 16.9 Å². The van der Waals surface area contributed by atoms with Crippen LogP contribution < -0.4 is 34.3 Å². The largest absolute Gasteiger partial charge is 1.00 e. The number of carbonyl (C=O) groups excluding carboxylic acids is 1. The first kappa shape index (κ1) is 20.8. The molecule has 0 aliphatic heterocycles. The first-order chi connectivity index (χ1) is 10.8. The molecule has 1 atom stereocenters. The van der Waals surface area contributed by atoms with Crippen LogP contribution in [0.3, 0.4) is 0 Å². The quantitative estimate of drug-likeness (QED) is 0.356. The second kappa shape index (κ2) is 9.31. The first-order valence-electron chi connectivity index (χ1n) is 6.79. The van der Waals surface area contributed by atoms with Crippen LogP contribution in [-0.2, 0) is 10.1 Å². The van der Waals surface area contributed by atoms with Gasteiger partial charge in [-0.3, -0.25) is 4.79 Å². The van der Waals surface area contributed by atoms with Gasteiger partial charge in [-0.1, -0.05) is 30.3 Å². The van der Waals surface area contributed by atoms with E-state index in [0.717, 1.165) is 0 Å². The van der Waals surface area contributed by atoms with Crippen molar-refractivity contribution >= 4 is 15.9 Å². The summed E-state index contributed by atoms with van der Waals surface area (Å²) in [6.45, 7) is -0.326. The van der Waals surface area contributed by atoms with E-state index in [4.69, 9.17) is 4.74 Å². The van der Waals surface area contributed by atoms with Crippen LogP contribution in [0.2, 0.25) is 0 Å². The standard InChI is InChI=1S/C16H16O6S.Na/c17-14(11-23(19,20)21)10-22-15-8-6-13(7-9-15)16(18)12-4-2-1-3-5-12;/h1-9,14,17H,10-11H2,(H,19,20,21);/q;+1/p-1. The predicted octanol–water partition coefficient (Wildman–Crippen LogP) is -1.79. The minimum Gasteiger partial charge on any atom is -0.748 e. The molecule has 0 aliphatic carbocycles. The Morgan fingerprint density at radius 3 is 2.12 bits per heavy atom. The molecule has 0 aromatic heterocycles. The van der Waals surface area contributed by atoms with Gasteiger partial charge in [0.15, 0.2) is 5.78 Å². The van der Waals surface area contributed by atoms with Crippen LogP contribution in [0, 0.1) is 0 Å². The van der Waals surface area contributed by atoms with E-state index in [-0.39, 0.29) is 41.9 Å². The monoisotopic (exact) mass is 358 g/mol. The van der Waals surface area contributed by atoms with Gasteiger partial charge in [0, 0.05) is 11.1 Å². The van der Waals surface area contributed by atoms with Gasteiger partial charge < -0.3 is 14.4 Å². The van der Waals surface area contributed by atoms with Gasteiger partial charge in [-0.25, -0.2) is 8.42 Å². The Morgan fingerprint density at radius 2 is 1.58 bits per heavy atom. The van der Waals surface area contributed by atoms with Crippen molar-refractivity contribution in [1.82, 2.24) is 0 Å². The molecule has 0 saturated carbocycles. The fourth-order valence-corrected chi connectivity index (χ4v) is 2.50. The molecule has 6 nitrogen and oxygen atoms in total. The normalized spacial score (nSPS) is 12.1. The zero-order valence-corrected chi connectivity index (χ0v) is 15.9. The molecule has 0 aliphatic rings. The number of ketones is 1. The van der Waals surface area contributed by atoms with E-state index in [1.165, 1.54) is 12.1 Å². The number of hydrogen-bond acceptors (Lipinski definition) is 6. The van der Waals surface area contributed by atoms with Gasteiger partial charge in [0.05, 0.1) is 15.9 Å². The summed E-state index contributed by atoms with van der Waals surface area (Å²) in [4.78, 5) is 12.2. The second-order valence-corrected chi connectivity index (χ2v) is 6.36. The van der Waals surface area contributed by atoms with E-state index in [1.54, 1.807) is 36.4 Å². The van der Waals surface area contributed by atoms with Crippen molar-refractivity contribution in [3.05, 3.63) is 65.7 Å². The van der Waals surface area contributed by atoms with E-state index >= 15 is 0 Å². The number of rotatable bonds is 7. The van der Waals surface area contributed by atoms with Crippen molar-refractivity contribution in [1.29, 1.82) is 0 Å². The molecule has 2 aromatic carbocycles. The zero-order chi connectivity index (χ0) is 16.9. The summed E-state index contributed by atoms with van der Waals surface area (Å²) in [5, 5.41) is 9.38. The van der Waals surface area contributed by atoms with Crippen molar-refractivity contribution in [2.24, 2.45) is 0 Å². The molecule has 0 fully saturated rings. The molecule has 24 heavy (non-hydrogen) atoms. The predicted molar refractivity (Wildman–Crippen MR) is 82.4 cm³/mol. The number of carbonyl (C=O) groups is 1. The van der Waals surface area contributed by atoms with Gasteiger partial charge in [0.25, 0.3) is 0 Å². The summed E-state index contributed by atoms with van der Waals surface area (Å²) in [7, 11) is -4.50. The van der Waals surface area contributed by atoms with Crippen molar-refractivity contribution in [3.8, 4) is 5.75 Å². The molecule has 1 unspecified atom stereocenters. The number of aliphatic hydroxyl groups excluding tert-OH is 1. The molecule has 0 radical (unpaired) electrons. The van der Waals surface area contributed by atoms with Crippen LogP contribution in [0.15, 0.2) is 54.6 Å².